The minimum Gasteiger partial charge on any atom is -0.477 e. The molecule has 0 radical (unpaired) electrons. The number of amides is 1. The minimum atomic E-state index is -0.651. The predicted molar refractivity (Wildman–Crippen MR) is 61.7 cm³/mol. The van der Waals surface area contributed by atoms with Gasteiger partial charge in [0.25, 0.3) is 5.91 Å². The van der Waals surface area contributed by atoms with Crippen molar-refractivity contribution in [1.29, 1.82) is 0 Å². The molecule has 2 heterocycles. The number of β-amino-alcohol motifs (C(OH)–C–C–N with tert-alkyl or cyclic N) is 1. The zero-order valence-electron chi connectivity index (χ0n) is 9.80. The molecule has 1 aromatic carbocycles. The zero-order chi connectivity index (χ0) is 12.7. The molecule has 0 aliphatic carbocycles. The molecular weight excluding hydrogens is 237 g/mol. The third-order valence-electron chi connectivity index (χ3n) is 3.46. The molecule has 4 nitrogen and oxygen atoms in total. The lowest BCUT2D eigenvalue weighted by Crippen LogP contribution is -2.40. The summed E-state index contributed by atoms with van der Waals surface area (Å²) >= 11 is 0. The first-order chi connectivity index (χ1) is 8.65. The van der Waals surface area contributed by atoms with Crippen LogP contribution >= 0.6 is 0 Å². The van der Waals surface area contributed by atoms with Crippen LogP contribution < -0.4 is 4.74 Å². The van der Waals surface area contributed by atoms with Crippen molar-refractivity contribution in [2.75, 3.05) is 13.1 Å². The molecule has 1 unspecified atom stereocenters. The van der Waals surface area contributed by atoms with E-state index in [2.05, 4.69) is 0 Å². The number of likely N-dealkylation sites (tertiary alicyclic amines) is 1. The highest BCUT2D eigenvalue weighted by atomic mass is 19.1. The zero-order valence-corrected chi connectivity index (χ0v) is 9.80. The summed E-state index contributed by atoms with van der Waals surface area (Å²) in [4.78, 5) is 13.7. The second-order valence-electron chi connectivity index (χ2n) is 4.77. The lowest BCUT2D eigenvalue weighted by atomic mass is 10.1. The van der Waals surface area contributed by atoms with E-state index < -0.39 is 18.0 Å². The van der Waals surface area contributed by atoms with Crippen molar-refractivity contribution >= 4 is 5.91 Å². The van der Waals surface area contributed by atoms with Crippen LogP contribution in [0.3, 0.4) is 0 Å². The van der Waals surface area contributed by atoms with E-state index in [0.717, 1.165) is 5.56 Å². The van der Waals surface area contributed by atoms with Crippen LogP contribution in [0.4, 0.5) is 4.39 Å². The fraction of sp³-hybridized carbons (Fsp3) is 0.462. The molecule has 5 heteroatoms. The number of carbonyl (C=O) groups is 1. The van der Waals surface area contributed by atoms with Crippen LogP contribution in [0.1, 0.15) is 12.0 Å². The smallest absolute Gasteiger partial charge is 0.264 e. The molecule has 18 heavy (non-hydrogen) atoms. The number of hydrogen-bond acceptors (Lipinski definition) is 3. The summed E-state index contributed by atoms with van der Waals surface area (Å²) in [6.07, 6.45) is -0.102. The standard InChI is InChI=1S/C13H14FNO3/c14-10-3-1-2-8-6-11(18-12(8)10)13(17)15-5-4-9(16)7-15/h1-3,9,11,16H,4-7H2/t9-,11?/m1/s1. The lowest BCUT2D eigenvalue weighted by Gasteiger charge is -2.19. The van der Waals surface area contributed by atoms with Crippen LogP contribution in [-0.4, -0.2) is 41.2 Å². The number of rotatable bonds is 1. The van der Waals surface area contributed by atoms with Crippen LogP contribution in [0.5, 0.6) is 5.75 Å². The van der Waals surface area contributed by atoms with Gasteiger partial charge in [-0.25, -0.2) is 4.39 Å². The molecule has 96 valence electrons. The number of para-hydroxylation sites is 1. The molecule has 1 saturated heterocycles. The summed E-state index contributed by atoms with van der Waals surface area (Å²) < 4.78 is 18.9. The van der Waals surface area contributed by atoms with Gasteiger partial charge in [0.15, 0.2) is 17.7 Å². The Morgan fingerprint density at radius 2 is 2.33 bits per heavy atom. The highest BCUT2D eigenvalue weighted by molar-refractivity contribution is 5.83. The molecule has 3 rings (SSSR count). The molecule has 0 bridgehead atoms. The van der Waals surface area contributed by atoms with E-state index in [1.807, 2.05) is 0 Å². The summed E-state index contributed by atoms with van der Waals surface area (Å²) in [6.45, 7) is 0.885. The molecule has 0 saturated carbocycles. The molecule has 2 aliphatic heterocycles. The number of ether oxygens (including phenoxy) is 1. The fourth-order valence-electron chi connectivity index (χ4n) is 2.51. The van der Waals surface area contributed by atoms with Gasteiger partial charge in [-0.15, -0.1) is 0 Å². The molecule has 1 fully saturated rings. The monoisotopic (exact) mass is 251 g/mol. The van der Waals surface area contributed by atoms with E-state index in [-0.39, 0.29) is 11.7 Å². The Labute approximate surface area is 104 Å². The van der Waals surface area contributed by atoms with Gasteiger partial charge >= 0.3 is 0 Å². The number of aliphatic hydroxyl groups excluding tert-OH is 1. The summed E-state index contributed by atoms with van der Waals surface area (Å²) in [5.74, 6) is -0.401. The van der Waals surface area contributed by atoms with Gasteiger partial charge in [0.05, 0.1) is 6.10 Å². The van der Waals surface area contributed by atoms with E-state index in [4.69, 9.17) is 4.74 Å². The maximum absolute atomic E-state index is 13.5. The van der Waals surface area contributed by atoms with Crippen molar-refractivity contribution in [3.63, 3.8) is 0 Å². The van der Waals surface area contributed by atoms with Gasteiger partial charge in [0.1, 0.15) is 0 Å². The molecule has 0 spiro atoms. The van der Waals surface area contributed by atoms with Crippen molar-refractivity contribution in [2.24, 2.45) is 0 Å². The number of nitrogens with zero attached hydrogens (tertiary/aromatic N) is 1. The van der Waals surface area contributed by atoms with E-state index in [0.29, 0.717) is 25.9 Å². The summed E-state index contributed by atoms with van der Waals surface area (Å²) in [7, 11) is 0. The summed E-state index contributed by atoms with van der Waals surface area (Å²) in [6, 6.07) is 4.71. The lowest BCUT2D eigenvalue weighted by molar-refractivity contribution is -0.137. The normalized spacial score (nSPS) is 26.0. The first-order valence-corrected chi connectivity index (χ1v) is 6.06. The summed E-state index contributed by atoms with van der Waals surface area (Å²) in [5, 5.41) is 9.41. The van der Waals surface area contributed by atoms with Gasteiger partial charge in [-0.2, -0.15) is 0 Å². The van der Waals surface area contributed by atoms with Gasteiger partial charge < -0.3 is 14.7 Å². The number of benzene rings is 1. The first-order valence-electron chi connectivity index (χ1n) is 6.06. The van der Waals surface area contributed by atoms with Crippen LogP contribution in [-0.2, 0) is 11.2 Å². The van der Waals surface area contributed by atoms with Crippen molar-refractivity contribution in [3.05, 3.63) is 29.6 Å². The quantitative estimate of drug-likeness (QED) is 0.800. The van der Waals surface area contributed by atoms with Crippen molar-refractivity contribution in [2.45, 2.75) is 25.0 Å². The third kappa shape index (κ3) is 1.84. The Bertz CT molecular complexity index is 491. The minimum absolute atomic E-state index is 0.165. The maximum atomic E-state index is 13.5. The van der Waals surface area contributed by atoms with E-state index >= 15 is 0 Å². The number of halogens is 1. The van der Waals surface area contributed by atoms with Crippen molar-refractivity contribution in [1.82, 2.24) is 4.90 Å². The predicted octanol–water partition coefficient (Wildman–Crippen LogP) is 0.722. The summed E-state index contributed by atoms with van der Waals surface area (Å²) in [5.41, 5.74) is 0.730. The number of carbonyl (C=O) groups excluding carboxylic acids is 1. The molecule has 1 aromatic rings. The van der Waals surface area contributed by atoms with Gasteiger partial charge in [-0.3, -0.25) is 4.79 Å². The number of hydrogen-bond donors (Lipinski definition) is 1. The van der Waals surface area contributed by atoms with Gasteiger partial charge in [0.2, 0.25) is 0 Å². The Morgan fingerprint density at radius 3 is 3.00 bits per heavy atom. The second kappa shape index (κ2) is 4.24. The highest BCUT2D eigenvalue weighted by Gasteiger charge is 2.36. The fourth-order valence-corrected chi connectivity index (χ4v) is 2.51. The largest absolute Gasteiger partial charge is 0.477 e. The SMILES string of the molecule is O=C(C1Cc2cccc(F)c2O1)N1CC[C@@H](O)C1. The van der Waals surface area contributed by atoms with Crippen molar-refractivity contribution < 1.29 is 19.0 Å². The topological polar surface area (TPSA) is 49.8 Å². The average molecular weight is 251 g/mol. The van der Waals surface area contributed by atoms with Crippen LogP contribution in [0.25, 0.3) is 0 Å². The third-order valence-corrected chi connectivity index (χ3v) is 3.46. The van der Waals surface area contributed by atoms with Gasteiger partial charge in [-0.05, 0) is 12.5 Å². The first kappa shape index (κ1) is 11.5. The Kier molecular flexibility index (Phi) is 2.70. The highest BCUT2D eigenvalue weighted by Crippen LogP contribution is 2.32. The molecule has 2 atom stereocenters. The Morgan fingerprint density at radius 1 is 1.50 bits per heavy atom. The maximum Gasteiger partial charge on any atom is 0.264 e. The molecule has 0 aromatic heterocycles. The van der Waals surface area contributed by atoms with Crippen LogP contribution in [0, 0.1) is 5.82 Å². The van der Waals surface area contributed by atoms with E-state index in [1.165, 1.54) is 6.07 Å². The van der Waals surface area contributed by atoms with E-state index in [1.54, 1.807) is 17.0 Å². The van der Waals surface area contributed by atoms with Crippen LogP contribution in [0.2, 0.25) is 0 Å². The van der Waals surface area contributed by atoms with Crippen LogP contribution in [0.15, 0.2) is 18.2 Å². The number of aliphatic hydroxyl groups is 1. The average Bonchev–Trinajstić information content (AvgIpc) is 2.95. The van der Waals surface area contributed by atoms with Gasteiger partial charge in [0, 0.05) is 25.1 Å². The molecule has 1 N–H and O–H groups in total. The Balaban J connectivity index is 1.74. The van der Waals surface area contributed by atoms with Gasteiger partial charge in [-0.1, -0.05) is 12.1 Å². The van der Waals surface area contributed by atoms with E-state index in [9.17, 15) is 14.3 Å². The van der Waals surface area contributed by atoms with Crippen molar-refractivity contribution in [3.8, 4) is 5.75 Å². The molecular formula is C13H14FNO3. The molecule has 1 amide bonds. The Hall–Kier alpha value is -1.62. The molecule has 2 aliphatic rings. The second-order valence-corrected chi connectivity index (χ2v) is 4.77. The number of fused-ring (bicyclic) bond motifs is 1.